The number of nitrogens with zero attached hydrogens (tertiary/aromatic N) is 6. The van der Waals surface area contributed by atoms with E-state index in [1.54, 1.807) is 27.7 Å². The van der Waals surface area contributed by atoms with Crippen LogP contribution in [0.25, 0.3) is 5.65 Å². The normalized spacial score (nSPS) is 18.7. The van der Waals surface area contributed by atoms with E-state index in [1.807, 2.05) is 19.1 Å². The number of hydrogen-bond donors (Lipinski definition) is 0. The highest BCUT2D eigenvalue weighted by Crippen LogP contribution is 2.12. The van der Waals surface area contributed by atoms with Gasteiger partial charge in [0.15, 0.2) is 0 Å². The second-order valence-electron chi connectivity index (χ2n) is 6.32. The highest BCUT2D eigenvalue weighted by molar-refractivity contribution is 5.46. The monoisotopic (exact) mass is 340 g/mol. The molecule has 8 heteroatoms. The van der Waals surface area contributed by atoms with Crippen molar-refractivity contribution in [1.29, 1.82) is 0 Å². The van der Waals surface area contributed by atoms with Crippen LogP contribution in [-0.4, -0.2) is 54.8 Å². The lowest BCUT2D eigenvalue weighted by atomic mass is 10.2. The summed E-state index contributed by atoms with van der Waals surface area (Å²) in [4.78, 5) is 23.2. The topological polar surface area (TPSA) is 77.5 Å². The van der Waals surface area contributed by atoms with Crippen LogP contribution in [0.5, 0.6) is 0 Å². The van der Waals surface area contributed by atoms with E-state index in [2.05, 4.69) is 20.0 Å². The van der Waals surface area contributed by atoms with Gasteiger partial charge in [-0.05, 0) is 18.6 Å². The lowest BCUT2D eigenvalue weighted by molar-refractivity contribution is -0.0405. The van der Waals surface area contributed by atoms with Gasteiger partial charge in [0.05, 0.1) is 24.9 Å². The molecular weight excluding hydrogens is 320 g/mol. The molecular formula is C17H20N6O2. The van der Waals surface area contributed by atoms with Crippen LogP contribution < -0.4 is 5.56 Å². The van der Waals surface area contributed by atoms with Crippen LogP contribution in [0.4, 0.5) is 0 Å². The Bertz CT molecular complexity index is 921. The Balaban J connectivity index is 1.50. The van der Waals surface area contributed by atoms with Crippen LogP contribution in [0.15, 0.2) is 41.8 Å². The number of aryl methyl sites for hydroxylation is 1. The lowest BCUT2D eigenvalue weighted by Crippen LogP contribution is -2.44. The molecule has 1 fully saturated rings. The van der Waals surface area contributed by atoms with Crippen molar-refractivity contribution in [3.05, 3.63) is 58.7 Å². The molecule has 0 spiro atoms. The Morgan fingerprint density at radius 2 is 2.32 bits per heavy atom. The Kier molecular flexibility index (Phi) is 4.29. The molecule has 0 aromatic carbocycles. The zero-order chi connectivity index (χ0) is 17.2. The molecule has 0 amide bonds. The van der Waals surface area contributed by atoms with Gasteiger partial charge in [-0.25, -0.2) is 9.97 Å². The summed E-state index contributed by atoms with van der Waals surface area (Å²) in [5, 5.41) is 4.13. The Labute approximate surface area is 144 Å². The summed E-state index contributed by atoms with van der Waals surface area (Å²) in [6.07, 6.45) is 5.02. The second kappa shape index (κ2) is 6.73. The van der Waals surface area contributed by atoms with Gasteiger partial charge in [0.2, 0.25) is 0 Å². The molecule has 0 unspecified atom stereocenters. The highest BCUT2D eigenvalue weighted by Gasteiger charge is 2.22. The van der Waals surface area contributed by atoms with Crippen molar-refractivity contribution in [3.8, 4) is 0 Å². The number of aromatic nitrogens is 5. The Hall–Kier alpha value is -2.58. The molecule has 25 heavy (non-hydrogen) atoms. The third kappa shape index (κ3) is 3.45. The molecule has 1 aliphatic heterocycles. The summed E-state index contributed by atoms with van der Waals surface area (Å²) >= 11 is 0. The molecule has 3 aromatic heterocycles. The third-order valence-electron chi connectivity index (χ3n) is 4.41. The summed E-state index contributed by atoms with van der Waals surface area (Å²) in [6.45, 7) is 5.53. The van der Waals surface area contributed by atoms with E-state index in [9.17, 15) is 4.79 Å². The van der Waals surface area contributed by atoms with E-state index in [4.69, 9.17) is 4.74 Å². The minimum absolute atomic E-state index is 0.0453. The van der Waals surface area contributed by atoms with Crippen molar-refractivity contribution < 1.29 is 4.74 Å². The van der Waals surface area contributed by atoms with Gasteiger partial charge in [0.1, 0.15) is 18.3 Å². The number of pyridine rings is 1. The average Bonchev–Trinajstić information content (AvgIpc) is 3.09. The van der Waals surface area contributed by atoms with Crippen LogP contribution in [0.2, 0.25) is 0 Å². The van der Waals surface area contributed by atoms with Gasteiger partial charge in [-0.15, -0.1) is 0 Å². The van der Waals surface area contributed by atoms with E-state index in [0.29, 0.717) is 19.7 Å². The first-order valence-electron chi connectivity index (χ1n) is 8.33. The maximum absolute atomic E-state index is 12.3. The van der Waals surface area contributed by atoms with E-state index in [-0.39, 0.29) is 11.7 Å². The maximum Gasteiger partial charge on any atom is 0.258 e. The minimum atomic E-state index is -0.0453. The van der Waals surface area contributed by atoms with Gasteiger partial charge in [-0.1, -0.05) is 6.07 Å². The first-order valence-corrected chi connectivity index (χ1v) is 8.33. The molecule has 0 bridgehead atoms. The molecule has 1 aliphatic rings. The SMILES string of the molecule is Cc1cccn2c(=O)cc(CN3CCO[C@@H](Cn4cncn4)C3)nc12. The number of ether oxygens (including phenoxy) is 1. The molecule has 4 rings (SSSR count). The molecule has 0 radical (unpaired) electrons. The molecule has 3 aromatic rings. The van der Waals surface area contributed by atoms with Gasteiger partial charge >= 0.3 is 0 Å². The third-order valence-corrected chi connectivity index (χ3v) is 4.41. The fraction of sp³-hybridized carbons (Fsp3) is 0.412. The van der Waals surface area contributed by atoms with Gasteiger partial charge in [-0.2, -0.15) is 5.10 Å². The maximum atomic E-state index is 12.3. The van der Waals surface area contributed by atoms with Gasteiger partial charge < -0.3 is 4.74 Å². The summed E-state index contributed by atoms with van der Waals surface area (Å²) in [5.74, 6) is 0. The van der Waals surface area contributed by atoms with Crippen LogP contribution in [0.1, 0.15) is 11.3 Å². The van der Waals surface area contributed by atoms with E-state index in [0.717, 1.165) is 30.0 Å². The van der Waals surface area contributed by atoms with E-state index in [1.165, 1.54) is 6.33 Å². The van der Waals surface area contributed by atoms with Crippen LogP contribution in [0.3, 0.4) is 0 Å². The molecule has 8 nitrogen and oxygen atoms in total. The van der Waals surface area contributed by atoms with Crippen molar-refractivity contribution in [2.45, 2.75) is 26.1 Å². The molecule has 0 aliphatic carbocycles. The summed E-state index contributed by atoms with van der Waals surface area (Å²) in [7, 11) is 0. The average molecular weight is 340 g/mol. The number of morpholine rings is 1. The molecule has 130 valence electrons. The molecule has 1 saturated heterocycles. The molecule has 0 saturated carbocycles. The van der Waals surface area contributed by atoms with Gasteiger partial charge in [0, 0.05) is 31.9 Å². The van der Waals surface area contributed by atoms with Crippen molar-refractivity contribution >= 4 is 5.65 Å². The van der Waals surface area contributed by atoms with Crippen molar-refractivity contribution in [1.82, 2.24) is 29.0 Å². The van der Waals surface area contributed by atoms with Crippen molar-refractivity contribution in [2.24, 2.45) is 0 Å². The zero-order valence-corrected chi connectivity index (χ0v) is 14.1. The first-order chi connectivity index (χ1) is 12.2. The fourth-order valence-electron chi connectivity index (χ4n) is 3.19. The Morgan fingerprint density at radius 1 is 1.40 bits per heavy atom. The van der Waals surface area contributed by atoms with Crippen LogP contribution >= 0.6 is 0 Å². The predicted octanol–water partition coefficient (Wildman–Crippen LogP) is 0.495. The largest absolute Gasteiger partial charge is 0.374 e. The zero-order valence-electron chi connectivity index (χ0n) is 14.1. The summed E-state index contributed by atoms with van der Waals surface area (Å²) in [6, 6.07) is 5.45. The Morgan fingerprint density at radius 3 is 3.16 bits per heavy atom. The van der Waals surface area contributed by atoms with Gasteiger partial charge in [-0.3, -0.25) is 18.8 Å². The summed E-state index contributed by atoms with van der Waals surface area (Å²) in [5.41, 5.74) is 2.46. The summed E-state index contributed by atoms with van der Waals surface area (Å²) < 4.78 is 9.18. The standard InChI is InChI=1S/C17H20N6O2/c1-13-3-2-4-23-16(24)7-14(20-17(13)23)8-21-5-6-25-15(9-21)10-22-12-18-11-19-22/h2-4,7,11-12,15H,5-6,8-10H2,1H3/t15-/m1/s1. The quantitative estimate of drug-likeness (QED) is 0.688. The lowest BCUT2D eigenvalue weighted by Gasteiger charge is -2.32. The van der Waals surface area contributed by atoms with Crippen LogP contribution in [0, 0.1) is 6.92 Å². The van der Waals surface area contributed by atoms with E-state index >= 15 is 0 Å². The minimum Gasteiger partial charge on any atom is -0.374 e. The molecule has 0 N–H and O–H groups in total. The number of hydrogen-bond acceptors (Lipinski definition) is 6. The number of rotatable bonds is 4. The first kappa shape index (κ1) is 15.9. The highest BCUT2D eigenvalue weighted by atomic mass is 16.5. The predicted molar refractivity (Wildman–Crippen MR) is 91.2 cm³/mol. The van der Waals surface area contributed by atoms with Gasteiger partial charge in [0.25, 0.3) is 5.56 Å². The van der Waals surface area contributed by atoms with Crippen molar-refractivity contribution in [2.75, 3.05) is 19.7 Å². The molecule has 1 atom stereocenters. The van der Waals surface area contributed by atoms with Crippen molar-refractivity contribution in [3.63, 3.8) is 0 Å². The van der Waals surface area contributed by atoms with Crippen LogP contribution in [-0.2, 0) is 17.8 Å². The number of fused-ring (bicyclic) bond motifs is 1. The second-order valence-corrected chi connectivity index (χ2v) is 6.32. The smallest absolute Gasteiger partial charge is 0.258 e. The van der Waals surface area contributed by atoms with E-state index < -0.39 is 0 Å². The fourth-order valence-corrected chi connectivity index (χ4v) is 3.19. The molecule has 4 heterocycles.